The van der Waals surface area contributed by atoms with Crippen molar-refractivity contribution in [2.24, 2.45) is 0 Å². The maximum Gasteiger partial charge on any atom is 0.125 e. The number of benzene rings is 1. The maximum absolute atomic E-state index is 13.0. The van der Waals surface area contributed by atoms with E-state index in [2.05, 4.69) is 0 Å². The highest BCUT2D eigenvalue weighted by molar-refractivity contribution is 7.99. The summed E-state index contributed by atoms with van der Waals surface area (Å²) in [5.41, 5.74) is 7.43. The molecule has 0 spiro atoms. The topological polar surface area (TPSA) is 26.0 Å². The van der Waals surface area contributed by atoms with Crippen molar-refractivity contribution in [2.45, 2.75) is 24.2 Å². The minimum absolute atomic E-state index is 0.209. The monoisotopic (exact) mass is 197 g/mol. The number of nitrogens with two attached hydrogens (primary N) is 1. The largest absolute Gasteiger partial charge is 0.398 e. The SMILES string of the molecule is Nc1cc(F)cc2c1SCCCC2. The molecular weight excluding hydrogens is 185 g/mol. The molecular formula is C10H12FNS. The Hall–Kier alpha value is -0.700. The predicted octanol–water partition coefficient (Wildman–Crippen LogP) is 2.84. The van der Waals surface area contributed by atoms with Crippen LogP contribution in [0.4, 0.5) is 10.1 Å². The minimum Gasteiger partial charge on any atom is -0.398 e. The zero-order valence-corrected chi connectivity index (χ0v) is 8.16. The molecule has 3 heteroatoms. The molecule has 0 bridgehead atoms. The minimum atomic E-state index is -0.209. The van der Waals surface area contributed by atoms with Crippen LogP contribution in [-0.2, 0) is 6.42 Å². The quantitative estimate of drug-likeness (QED) is 0.647. The maximum atomic E-state index is 13.0. The molecule has 70 valence electrons. The third-order valence-corrected chi connectivity index (χ3v) is 3.53. The molecule has 0 amide bonds. The van der Waals surface area contributed by atoms with E-state index >= 15 is 0 Å². The van der Waals surface area contributed by atoms with Crippen LogP contribution in [0.2, 0.25) is 0 Å². The molecule has 0 aliphatic carbocycles. The molecule has 1 nitrogen and oxygen atoms in total. The molecule has 0 aromatic heterocycles. The third kappa shape index (κ3) is 1.80. The molecule has 13 heavy (non-hydrogen) atoms. The van der Waals surface area contributed by atoms with Gasteiger partial charge >= 0.3 is 0 Å². The van der Waals surface area contributed by atoms with Crippen molar-refractivity contribution >= 4 is 17.4 Å². The fraction of sp³-hybridized carbons (Fsp3) is 0.400. The Kier molecular flexibility index (Phi) is 2.44. The highest BCUT2D eigenvalue weighted by Gasteiger charge is 2.12. The van der Waals surface area contributed by atoms with Gasteiger partial charge in [0, 0.05) is 10.6 Å². The van der Waals surface area contributed by atoms with Crippen molar-refractivity contribution < 1.29 is 4.39 Å². The molecule has 1 aliphatic rings. The zero-order valence-electron chi connectivity index (χ0n) is 7.35. The van der Waals surface area contributed by atoms with E-state index in [1.807, 2.05) is 0 Å². The number of hydrogen-bond donors (Lipinski definition) is 1. The number of nitrogen functional groups attached to an aromatic ring is 1. The van der Waals surface area contributed by atoms with Gasteiger partial charge in [0.25, 0.3) is 0 Å². The first-order valence-corrected chi connectivity index (χ1v) is 5.46. The zero-order chi connectivity index (χ0) is 9.26. The molecule has 1 heterocycles. The van der Waals surface area contributed by atoms with E-state index < -0.39 is 0 Å². The van der Waals surface area contributed by atoms with E-state index in [1.54, 1.807) is 17.8 Å². The smallest absolute Gasteiger partial charge is 0.125 e. The predicted molar refractivity (Wildman–Crippen MR) is 54.5 cm³/mol. The second kappa shape index (κ2) is 3.58. The van der Waals surface area contributed by atoms with Gasteiger partial charge in [-0.3, -0.25) is 0 Å². The van der Waals surface area contributed by atoms with Gasteiger partial charge in [-0.2, -0.15) is 0 Å². The highest BCUT2D eigenvalue weighted by atomic mass is 32.2. The Morgan fingerprint density at radius 2 is 2.15 bits per heavy atom. The van der Waals surface area contributed by atoms with Gasteiger partial charge in [0.1, 0.15) is 5.82 Å². The second-order valence-corrected chi connectivity index (χ2v) is 4.39. The van der Waals surface area contributed by atoms with Crippen LogP contribution in [0.1, 0.15) is 18.4 Å². The lowest BCUT2D eigenvalue weighted by molar-refractivity contribution is 0.623. The third-order valence-electron chi connectivity index (χ3n) is 2.25. The summed E-state index contributed by atoms with van der Waals surface area (Å²) in [6.07, 6.45) is 3.30. The standard InChI is InChI=1S/C10H12FNS/c11-8-5-7-3-1-2-4-13-10(7)9(12)6-8/h5-6H,1-4,12H2. The first kappa shape index (κ1) is 8.88. The molecule has 0 radical (unpaired) electrons. The molecule has 0 saturated heterocycles. The fourth-order valence-corrected chi connectivity index (χ4v) is 2.75. The lowest BCUT2D eigenvalue weighted by Gasteiger charge is -2.07. The summed E-state index contributed by atoms with van der Waals surface area (Å²) in [5, 5.41) is 0. The number of halogens is 1. The summed E-state index contributed by atoms with van der Waals surface area (Å²) in [7, 11) is 0. The molecule has 1 aromatic rings. The van der Waals surface area contributed by atoms with Crippen LogP contribution in [0.25, 0.3) is 0 Å². The first-order valence-electron chi connectivity index (χ1n) is 4.48. The van der Waals surface area contributed by atoms with Crippen LogP contribution in [0.3, 0.4) is 0 Å². The van der Waals surface area contributed by atoms with Crippen molar-refractivity contribution in [1.29, 1.82) is 0 Å². The number of thioether (sulfide) groups is 1. The van der Waals surface area contributed by atoms with Crippen LogP contribution in [-0.4, -0.2) is 5.75 Å². The van der Waals surface area contributed by atoms with Gasteiger partial charge in [-0.25, -0.2) is 4.39 Å². The summed E-state index contributed by atoms with van der Waals surface area (Å²) >= 11 is 1.75. The van der Waals surface area contributed by atoms with Crippen LogP contribution >= 0.6 is 11.8 Å². The molecule has 1 aliphatic heterocycles. The summed E-state index contributed by atoms with van der Waals surface area (Å²) in [6, 6.07) is 3.03. The van der Waals surface area contributed by atoms with Crippen molar-refractivity contribution in [2.75, 3.05) is 11.5 Å². The normalized spacial score (nSPS) is 16.4. The van der Waals surface area contributed by atoms with Crippen molar-refractivity contribution in [1.82, 2.24) is 0 Å². The molecule has 0 saturated carbocycles. The molecule has 2 N–H and O–H groups in total. The molecule has 1 aromatic carbocycles. The lowest BCUT2D eigenvalue weighted by atomic mass is 10.1. The molecule has 0 fully saturated rings. The van der Waals surface area contributed by atoms with E-state index in [4.69, 9.17) is 5.73 Å². The lowest BCUT2D eigenvalue weighted by Crippen LogP contribution is -1.95. The Labute approximate surface area is 81.5 Å². The number of aryl methyl sites for hydroxylation is 1. The fourth-order valence-electron chi connectivity index (χ4n) is 1.63. The van der Waals surface area contributed by atoms with E-state index in [9.17, 15) is 4.39 Å². The van der Waals surface area contributed by atoms with Crippen molar-refractivity contribution in [3.8, 4) is 0 Å². The van der Waals surface area contributed by atoms with Crippen LogP contribution in [0, 0.1) is 5.82 Å². The molecule has 0 unspecified atom stereocenters. The Balaban J connectivity index is 2.47. The Morgan fingerprint density at radius 1 is 1.31 bits per heavy atom. The summed E-state index contributed by atoms with van der Waals surface area (Å²) in [4.78, 5) is 1.10. The van der Waals surface area contributed by atoms with Gasteiger partial charge in [0.15, 0.2) is 0 Å². The van der Waals surface area contributed by atoms with Crippen LogP contribution in [0.5, 0.6) is 0 Å². The number of anilines is 1. The van der Waals surface area contributed by atoms with E-state index in [0.717, 1.165) is 29.1 Å². The summed E-state index contributed by atoms with van der Waals surface area (Å²) in [5.74, 6) is 0.891. The van der Waals surface area contributed by atoms with Gasteiger partial charge in [0.05, 0.1) is 0 Å². The Bertz CT molecular complexity index is 325. The highest BCUT2D eigenvalue weighted by Crippen LogP contribution is 2.34. The van der Waals surface area contributed by atoms with Crippen LogP contribution < -0.4 is 5.73 Å². The number of fused-ring (bicyclic) bond motifs is 1. The van der Waals surface area contributed by atoms with E-state index in [0.29, 0.717) is 5.69 Å². The van der Waals surface area contributed by atoms with Crippen molar-refractivity contribution in [3.05, 3.63) is 23.5 Å². The van der Waals surface area contributed by atoms with E-state index in [1.165, 1.54) is 12.5 Å². The Morgan fingerprint density at radius 3 is 3.00 bits per heavy atom. The van der Waals surface area contributed by atoms with E-state index in [-0.39, 0.29) is 5.82 Å². The van der Waals surface area contributed by atoms with Gasteiger partial charge in [-0.15, -0.1) is 11.8 Å². The molecule has 2 rings (SSSR count). The van der Waals surface area contributed by atoms with Crippen LogP contribution in [0.15, 0.2) is 17.0 Å². The average molecular weight is 197 g/mol. The second-order valence-electron chi connectivity index (χ2n) is 3.29. The number of hydrogen-bond acceptors (Lipinski definition) is 2. The van der Waals surface area contributed by atoms with Crippen molar-refractivity contribution in [3.63, 3.8) is 0 Å². The first-order chi connectivity index (χ1) is 6.27. The number of rotatable bonds is 0. The van der Waals surface area contributed by atoms with Gasteiger partial charge in [0.2, 0.25) is 0 Å². The van der Waals surface area contributed by atoms with Gasteiger partial charge < -0.3 is 5.73 Å². The molecule has 0 atom stereocenters. The van der Waals surface area contributed by atoms with Gasteiger partial charge in [-0.1, -0.05) is 0 Å². The average Bonchev–Trinajstić information content (AvgIpc) is 2.28. The summed E-state index contributed by atoms with van der Waals surface area (Å²) in [6.45, 7) is 0. The summed E-state index contributed by atoms with van der Waals surface area (Å²) < 4.78 is 13.0. The van der Waals surface area contributed by atoms with Gasteiger partial charge in [-0.05, 0) is 42.7 Å².